The monoisotopic (exact) mass is 503 g/mol. The van der Waals surface area contributed by atoms with Gasteiger partial charge in [0, 0.05) is 11.9 Å². The number of amides is 1. The molecule has 0 spiro atoms. The van der Waals surface area contributed by atoms with Gasteiger partial charge in [0.1, 0.15) is 11.2 Å². The molecule has 1 aromatic carbocycles. The zero-order valence-electron chi connectivity index (χ0n) is 18.8. The Kier molecular flexibility index (Phi) is 5.72. The quantitative estimate of drug-likeness (QED) is 0.529. The van der Waals surface area contributed by atoms with Crippen molar-refractivity contribution in [1.29, 1.82) is 5.26 Å². The van der Waals surface area contributed by atoms with Crippen molar-refractivity contribution in [3.8, 4) is 11.8 Å². The Hall–Kier alpha value is -3.72. The molecular formula is C23H20F3N5O3S. The Morgan fingerprint density at radius 2 is 1.86 bits per heavy atom. The lowest BCUT2D eigenvalue weighted by atomic mass is 10.0. The number of halogens is 3. The molecule has 1 saturated heterocycles. The van der Waals surface area contributed by atoms with E-state index >= 15 is 0 Å². The molecule has 182 valence electrons. The summed E-state index contributed by atoms with van der Waals surface area (Å²) in [6, 6.07) is 7.69. The molecule has 3 aromatic rings. The third kappa shape index (κ3) is 3.76. The van der Waals surface area contributed by atoms with Crippen LogP contribution in [-0.2, 0) is 17.4 Å². The van der Waals surface area contributed by atoms with Gasteiger partial charge in [0.2, 0.25) is 5.75 Å². The number of nitrogens with zero attached hydrogens (tertiary/aromatic N) is 5. The zero-order valence-corrected chi connectivity index (χ0v) is 19.7. The topological polar surface area (TPSA) is 102 Å². The van der Waals surface area contributed by atoms with E-state index in [0.717, 1.165) is 21.4 Å². The van der Waals surface area contributed by atoms with E-state index in [9.17, 15) is 27.9 Å². The number of aromatic hydroxyl groups is 1. The average molecular weight is 504 g/mol. The van der Waals surface area contributed by atoms with Gasteiger partial charge in [-0.05, 0) is 50.6 Å². The number of carbonyl (C=O) groups is 1. The number of aromatic nitrogens is 2. The molecule has 1 aliphatic heterocycles. The number of fused-ring (bicyclic) bond motifs is 1. The number of alkyl halides is 3. The Labute approximate surface area is 203 Å². The highest BCUT2D eigenvalue weighted by Crippen LogP contribution is 2.42. The molecule has 8 nitrogen and oxygen atoms in total. The summed E-state index contributed by atoms with van der Waals surface area (Å²) < 4.78 is 41.7. The maximum atomic E-state index is 13.5. The minimum Gasteiger partial charge on any atom is -0.502 e. The molecule has 3 heterocycles. The SMILES string of the molecule is CCc1nc2ccc(N3C(S)N(c4ccc(C#N)c(C(F)(F)F)c4)C(=O)C3(C)C)cn2c(=O)c1O. The molecule has 1 atom stereocenters. The molecule has 1 aliphatic rings. The van der Waals surface area contributed by atoms with Gasteiger partial charge in [-0.15, -0.1) is 12.6 Å². The molecule has 35 heavy (non-hydrogen) atoms. The van der Waals surface area contributed by atoms with Crippen LogP contribution in [0.3, 0.4) is 0 Å². The first-order valence-corrected chi connectivity index (χ1v) is 11.0. The van der Waals surface area contributed by atoms with E-state index in [-0.39, 0.29) is 17.0 Å². The van der Waals surface area contributed by atoms with Crippen molar-refractivity contribution < 1.29 is 23.1 Å². The highest BCUT2D eigenvalue weighted by molar-refractivity contribution is 7.81. The highest BCUT2D eigenvalue weighted by Gasteiger charge is 2.51. The van der Waals surface area contributed by atoms with Crippen LogP contribution in [0.4, 0.5) is 24.5 Å². The maximum Gasteiger partial charge on any atom is 0.417 e. The minimum absolute atomic E-state index is 0.0817. The first-order valence-electron chi connectivity index (χ1n) is 10.5. The number of thiol groups is 1. The van der Waals surface area contributed by atoms with Crippen molar-refractivity contribution in [3.05, 3.63) is 63.7 Å². The van der Waals surface area contributed by atoms with Crippen LogP contribution in [0.1, 0.15) is 37.6 Å². The molecule has 12 heteroatoms. The van der Waals surface area contributed by atoms with Gasteiger partial charge in [-0.25, -0.2) is 4.98 Å². The molecule has 1 N–H and O–H groups in total. The molecule has 1 unspecified atom stereocenters. The van der Waals surface area contributed by atoms with Crippen LogP contribution in [0.15, 0.2) is 41.3 Å². The summed E-state index contributed by atoms with van der Waals surface area (Å²) in [7, 11) is 0. The fraction of sp³-hybridized carbons (Fsp3) is 0.304. The van der Waals surface area contributed by atoms with Gasteiger partial charge in [0.05, 0.1) is 28.6 Å². The largest absolute Gasteiger partial charge is 0.502 e. The molecule has 1 fully saturated rings. The first kappa shape index (κ1) is 24.4. The lowest BCUT2D eigenvalue weighted by Gasteiger charge is -2.33. The number of anilines is 2. The number of aryl methyl sites for hydroxylation is 1. The van der Waals surface area contributed by atoms with Gasteiger partial charge in [-0.1, -0.05) is 6.92 Å². The predicted octanol–water partition coefficient (Wildman–Crippen LogP) is 3.70. The van der Waals surface area contributed by atoms with Crippen LogP contribution < -0.4 is 15.4 Å². The number of pyridine rings is 1. The Bertz CT molecular complexity index is 1460. The van der Waals surface area contributed by atoms with E-state index < -0.39 is 45.6 Å². The summed E-state index contributed by atoms with van der Waals surface area (Å²) in [5.41, 5.74) is -3.92. The number of carbonyl (C=O) groups excluding carboxylic acids is 1. The van der Waals surface area contributed by atoms with Gasteiger partial charge in [-0.2, -0.15) is 18.4 Å². The van der Waals surface area contributed by atoms with Crippen LogP contribution >= 0.6 is 12.6 Å². The Balaban J connectivity index is 1.84. The van der Waals surface area contributed by atoms with E-state index in [1.165, 1.54) is 18.3 Å². The van der Waals surface area contributed by atoms with Crippen LogP contribution in [0.5, 0.6) is 5.75 Å². The van der Waals surface area contributed by atoms with Crippen molar-refractivity contribution in [1.82, 2.24) is 9.38 Å². The van der Waals surface area contributed by atoms with E-state index in [1.54, 1.807) is 37.8 Å². The minimum atomic E-state index is -4.79. The van der Waals surface area contributed by atoms with Gasteiger partial charge in [-0.3, -0.25) is 18.9 Å². The number of hydrogen-bond donors (Lipinski definition) is 2. The fourth-order valence-electron chi connectivity index (χ4n) is 4.18. The van der Waals surface area contributed by atoms with Crippen LogP contribution in [0, 0.1) is 11.3 Å². The maximum absolute atomic E-state index is 13.5. The van der Waals surface area contributed by atoms with Gasteiger partial charge in [0.15, 0.2) is 5.50 Å². The zero-order chi connectivity index (χ0) is 25.9. The van der Waals surface area contributed by atoms with Crippen LogP contribution in [0.2, 0.25) is 0 Å². The number of benzene rings is 1. The summed E-state index contributed by atoms with van der Waals surface area (Å²) in [5.74, 6) is -1.02. The summed E-state index contributed by atoms with van der Waals surface area (Å²) in [5, 5.41) is 19.2. The summed E-state index contributed by atoms with van der Waals surface area (Å²) >= 11 is 4.54. The standard InChI is InChI=1S/C23H20F3N5O3S/c1-4-16-18(32)19(33)29-11-14(7-8-17(29)28-16)31-21(35)30(20(34)22(31,2)3)13-6-5-12(10-27)15(9-13)23(24,25)26/h5-9,11,21,32,35H,4H2,1-3H3. The third-order valence-electron chi connectivity index (χ3n) is 5.98. The normalized spacial score (nSPS) is 17.8. The van der Waals surface area contributed by atoms with E-state index in [0.29, 0.717) is 12.1 Å². The molecule has 0 saturated carbocycles. The van der Waals surface area contributed by atoms with Gasteiger partial charge < -0.3 is 10.0 Å². The molecule has 2 aromatic heterocycles. The summed E-state index contributed by atoms with van der Waals surface area (Å²) in [6.07, 6.45) is -3.05. The smallest absolute Gasteiger partial charge is 0.417 e. The Morgan fingerprint density at radius 3 is 2.46 bits per heavy atom. The lowest BCUT2D eigenvalue weighted by molar-refractivity contribution is -0.137. The second-order valence-electron chi connectivity index (χ2n) is 8.47. The van der Waals surface area contributed by atoms with Crippen LogP contribution in [-0.4, -0.2) is 31.4 Å². The van der Waals surface area contributed by atoms with Crippen molar-refractivity contribution in [3.63, 3.8) is 0 Å². The second kappa shape index (κ2) is 8.20. The molecule has 4 rings (SSSR count). The van der Waals surface area contributed by atoms with Gasteiger partial charge in [0.25, 0.3) is 11.5 Å². The highest BCUT2D eigenvalue weighted by atomic mass is 32.1. The average Bonchev–Trinajstić information content (AvgIpc) is 2.98. The van der Waals surface area contributed by atoms with E-state index in [2.05, 4.69) is 17.6 Å². The van der Waals surface area contributed by atoms with Crippen molar-refractivity contribution in [2.75, 3.05) is 9.80 Å². The van der Waals surface area contributed by atoms with E-state index in [1.807, 2.05) is 0 Å². The molecule has 0 bridgehead atoms. The molecule has 0 aliphatic carbocycles. The van der Waals surface area contributed by atoms with Crippen molar-refractivity contribution in [2.24, 2.45) is 0 Å². The first-order chi connectivity index (χ1) is 16.3. The van der Waals surface area contributed by atoms with Crippen LogP contribution in [0.25, 0.3) is 5.65 Å². The molecular weight excluding hydrogens is 483 g/mol. The van der Waals surface area contributed by atoms with Crippen molar-refractivity contribution in [2.45, 2.75) is 44.4 Å². The number of nitriles is 1. The predicted molar refractivity (Wildman–Crippen MR) is 125 cm³/mol. The Morgan fingerprint density at radius 1 is 1.20 bits per heavy atom. The number of hydrogen-bond acceptors (Lipinski definition) is 7. The number of rotatable bonds is 3. The lowest BCUT2D eigenvalue weighted by Crippen LogP contribution is -2.45. The fourth-order valence-corrected chi connectivity index (χ4v) is 4.84. The molecule has 1 amide bonds. The molecule has 0 radical (unpaired) electrons. The van der Waals surface area contributed by atoms with Crippen molar-refractivity contribution >= 4 is 35.6 Å². The third-order valence-corrected chi connectivity index (χ3v) is 6.44. The van der Waals surface area contributed by atoms with E-state index in [4.69, 9.17) is 5.26 Å². The van der Waals surface area contributed by atoms with Gasteiger partial charge >= 0.3 is 6.18 Å². The summed E-state index contributed by atoms with van der Waals surface area (Å²) in [4.78, 5) is 33.0. The second-order valence-corrected chi connectivity index (χ2v) is 8.93. The summed E-state index contributed by atoms with van der Waals surface area (Å²) in [6.45, 7) is 4.91.